The maximum atomic E-state index is 11.8. The maximum Gasteiger partial charge on any atom is 0.253 e. The van der Waals surface area contributed by atoms with Crippen molar-refractivity contribution in [2.45, 2.75) is 4.21 Å². The molecule has 0 saturated carbocycles. The summed E-state index contributed by atoms with van der Waals surface area (Å²) in [6.45, 7) is 3.59. The number of sulfonamides is 1. The summed E-state index contributed by atoms with van der Waals surface area (Å²) >= 11 is 6.80. The standard InChI is InChI=1S/C8H12ClN3O2S2/c1-4-5-10-16(13,14)7-6(9)11-8(15-7)12(2)3/h4,10H,1,5H2,2-3H3. The van der Waals surface area contributed by atoms with Crippen LogP contribution in [0.2, 0.25) is 5.15 Å². The van der Waals surface area contributed by atoms with E-state index in [2.05, 4.69) is 16.3 Å². The Kier molecular flexibility index (Phi) is 4.31. The second-order valence-electron chi connectivity index (χ2n) is 3.11. The summed E-state index contributed by atoms with van der Waals surface area (Å²) in [5.74, 6) is 0. The molecule has 0 aliphatic heterocycles. The highest BCUT2D eigenvalue weighted by Gasteiger charge is 2.22. The molecule has 8 heteroatoms. The SMILES string of the molecule is C=CCNS(=O)(=O)c1sc(N(C)C)nc1Cl. The van der Waals surface area contributed by atoms with Gasteiger partial charge >= 0.3 is 0 Å². The third-order valence-corrected chi connectivity index (χ3v) is 5.24. The van der Waals surface area contributed by atoms with Crippen molar-refractivity contribution in [2.75, 3.05) is 25.5 Å². The van der Waals surface area contributed by atoms with E-state index in [1.54, 1.807) is 19.0 Å². The van der Waals surface area contributed by atoms with Crippen molar-refractivity contribution in [2.24, 2.45) is 0 Å². The Morgan fingerprint density at radius 3 is 2.69 bits per heavy atom. The molecule has 0 aliphatic rings. The number of nitrogens with zero attached hydrogens (tertiary/aromatic N) is 2. The van der Waals surface area contributed by atoms with E-state index in [4.69, 9.17) is 11.6 Å². The minimum atomic E-state index is -3.59. The van der Waals surface area contributed by atoms with Crippen LogP contribution in [-0.4, -0.2) is 34.0 Å². The second kappa shape index (κ2) is 5.13. The van der Waals surface area contributed by atoms with Gasteiger partial charge in [-0.3, -0.25) is 0 Å². The minimum Gasteiger partial charge on any atom is -0.354 e. The van der Waals surface area contributed by atoms with E-state index in [1.165, 1.54) is 6.08 Å². The predicted octanol–water partition coefficient (Wildman–Crippen LogP) is 1.33. The van der Waals surface area contributed by atoms with Crippen LogP contribution in [0.4, 0.5) is 5.13 Å². The maximum absolute atomic E-state index is 11.8. The van der Waals surface area contributed by atoms with Gasteiger partial charge in [-0.2, -0.15) is 0 Å². The van der Waals surface area contributed by atoms with E-state index in [0.29, 0.717) is 5.13 Å². The van der Waals surface area contributed by atoms with Crippen molar-refractivity contribution >= 4 is 38.1 Å². The number of halogens is 1. The van der Waals surface area contributed by atoms with Gasteiger partial charge in [-0.1, -0.05) is 29.0 Å². The van der Waals surface area contributed by atoms with Crippen molar-refractivity contribution in [3.8, 4) is 0 Å². The lowest BCUT2D eigenvalue weighted by Gasteiger charge is -2.05. The fraction of sp³-hybridized carbons (Fsp3) is 0.375. The second-order valence-corrected chi connectivity index (χ2v) is 6.41. The van der Waals surface area contributed by atoms with Crippen molar-refractivity contribution in [3.63, 3.8) is 0 Å². The lowest BCUT2D eigenvalue weighted by Crippen LogP contribution is -2.23. The average molecular weight is 282 g/mol. The molecule has 0 amide bonds. The highest BCUT2D eigenvalue weighted by Crippen LogP contribution is 2.32. The third-order valence-electron chi connectivity index (χ3n) is 1.59. The molecular formula is C8H12ClN3O2S2. The Morgan fingerprint density at radius 1 is 1.62 bits per heavy atom. The van der Waals surface area contributed by atoms with Gasteiger partial charge in [0.05, 0.1) is 0 Å². The summed E-state index contributed by atoms with van der Waals surface area (Å²) in [5.41, 5.74) is 0. The molecule has 1 aromatic rings. The Labute approximate surface area is 104 Å². The molecule has 1 rings (SSSR count). The zero-order chi connectivity index (χ0) is 12.3. The first-order chi connectivity index (χ1) is 7.38. The van der Waals surface area contributed by atoms with Gasteiger partial charge in [0.1, 0.15) is 0 Å². The molecule has 0 aromatic carbocycles. The number of anilines is 1. The number of thiazole rings is 1. The van der Waals surface area contributed by atoms with Gasteiger partial charge in [-0.25, -0.2) is 18.1 Å². The molecule has 5 nitrogen and oxygen atoms in total. The summed E-state index contributed by atoms with van der Waals surface area (Å²) in [7, 11) is -0.0564. The molecule has 0 fully saturated rings. The molecule has 1 heterocycles. The predicted molar refractivity (Wildman–Crippen MR) is 66.8 cm³/mol. The molecule has 0 bridgehead atoms. The third kappa shape index (κ3) is 2.94. The first-order valence-electron chi connectivity index (χ1n) is 4.32. The first kappa shape index (κ1) is 13.4. The smallest absolute Gasteiger partial charge is 0.253 e. The fourth-order valence-electron chi connectivity index (χ4n) is 0.869. The van der Waals surface area contributed by atoms with Gasteiger partial charge in [0.25, 0.3) is 10.0 Å². The Hall–Kier alpha value is -0.630. The fourth-order valence-corrected chi connectivity index (χ4v) is 3.61. The molecule has 0 saturated heterocycles. The highest BCUT2D eigenvalue weighted by molar-refractivity contribution is 7.91. The lowest BCUT2D eigenvalue weighted by molar-refractivity contribution is 0.587. The van der Waals surface area contributed by atoms with Crippen LogP contribution in [-0.2, 0) is 10.0 Å². The van der Waals surface area contributed by atoms with Crippen molar-refractivity contribution in [3.05, 3.63) is 17.8 Å². The highest BCUT2D eigenvalue weighted by atomic mass is 35.5. The number of aromatic nitrogens is 1. The number of hydrogen-bond acceptors (Lipinski definition) is 5. The monoisotopic (exact) mass is 281 g/mol. The summed E-state index contributed by atoms with van der Waals surface area (Å²) in [6.07, 6.45) is 1.46. The van der Waals surface area contributed by atoms with E-state index in [1.807, 2.05) is 0 Å². The van der Waals surface area contributed by atoms with Gasteiger partial charge in [0.15, 0.2) is 14.5 Å². The van der Waals surface area contributed by atoms with E-state index in [9.17, 15) is 8.42 Å². The van der Waals surface area contributed by atoms with Crippen molar-refractivity contribution in [1.29, 1.82) is 0 Å². The first-order valence-corrected chi connectivity index (χ1v) is 7.00. The van der Waals surface area contributed by atoms with Crippen LogP contribution in [0.25, 0.3) is 0 Å². The van der Waals surface area contributed by atoms with Gasteiger partial charge in [0, 0.05) is 20.6 Å². The molecule has 0 unspecified atom stereocenters. The molecular weight excluding hydrogens is 270 g/mol. The van der Waals surface area contributed by atoms with E-state index in [-0.39, 0.29) is 15.9 Å². The Bertz CT molecular complexity index is 481. The molecule has 90 valence electrons. The molecule has 1 aromatic heterocycles. The van der Waals surface area contributed by atoms with Crippen molar-refractivity contribution < 1.29 is 8.42 Å². The summed E-state index contributed by atoms with van der Waals surface area (Å²) in [4.78, 5) is 5.65. The summed E-state index contributed by atoms with van der Waals surface area (Å²) in [6, 6.07) is 0. The minimum absolute atomic E-state index is 0.00902. The van der Waals surface area contributed by atoms with Gasteiger partial charge < -0.3 is 4.90 Å². The zero-order valence-electron chi connectivity index (χ0n) is 8.90. The van der Waals surface area contributed by atoms with E-state index in [0.717, 1.165) is 11.3 Å². The molecule has 16 heavy (non-hydrogen) atoms. The normalized spacial score (nSPS) is 11.4. The van der Waals surface area contributed by atoms with Crippen LogP contribution < -0.4 is 9.62 Å². The Morgan fingerprint density at radius 2 is 2.25 bits per heavy atom. The van der Waals surface area contributed by atoms with E-state index >= 15 is 0 Å². The largest absolute Gasteiger partial charge is 0.354 e. The average Bonchev–Trinajstić information content (AvgIpc) is 2.58. The van der Waals surface area contributed by atoms with Crippen LogP contribution in [0.15, 0.2) is 16.9 Å². The topological polar surface area (TPSA) is 62.3 Å². The molecule has 0 aliphatic carbocycles. The molecule has 0 radical (unpaired) electrons. The van der Waals surface area contributed by atoms with E-state index < -0.39 is 10.0 Å². The van der Waals surface area contributed by atoms with Crippen LogP contribution in [0, 0.1) is 0 Å². The lowest BCUT2D eigenvalue weighted by atomic mass is 10.7. The van der Waals surface area contributed by atoms with Crippen molar-refractivity contribution in [1.82, 2.24) is 9.71 Å². The molecule has 1 N–H and O–H groups in total. The van der Waals surface area contributed by atoms with Crippen LogP contribution in [0.5, 0.6) is 0 Å². The Balaban J connectivity index is 3.08. The van der Waals surface area contributed by atoms with Crippen LogP contribution in [0.1, 0.15) is 0 Å². The zero-order valence-corrected chi connectivity index (χ0v) is 11.3. The molecule has 0 atom stereocenters. The number of hydrogen-bond donors (Lipinski definition) is 1. The number of nitrogens with one attached hydrogen (secondary N) is 1. The number of rotatable bonds is 5. The quantitative estimate of drug-likeness (QED) is 0.827. The summed E-state index contributed by atoms with van der Waals surface area (Å²) < 4.78 is 25.9. The van der Waals surface area contributed by atoms with Gasteiger partial charge in [-0.05, 0) is 0 Å². The van der Waals surface area contributed by atoms with Gasteiger partial charge in [0.2, 0.25) is 0 Å². The molecule has 0 spiro atoms. The van der Waals surface area contributed by atoms with Crippen LogP contribution >= 0.6 is 22.9 Å². The van der Waals surface area contributed by atoms with Crippen LogP contribution in [0.3, 0.4) is 0 Å². The van der Waals surface area contributed by atoms with Gasteiger partial charge in [-0.15, -0.1) is 6.58 Å². The summed E-state index contributed by atoms with van der Waals surface area (Å²) in [5, 5.41) is 0.536.